The van der Waals surface area contributed by atoms with Crippen molar-refractivity contribution in [1.82, 2.24) is 0 Å². The van der Waals surface area contributed by atoms with Crippen molar-refractivity contribution < 1.29 is 14.3 Å². The Morgan fingerprint density at radius 1 is 1.13 bits per heavy atom. The Balaban J connectivity index is 2.91. The van der Waals surface area contributed by atoms with E-state index in [1.807, 2.05) is 18.2 Å². The van der Waals surface area contributed by atoms with Crippen LogP contribution in [0, 0.1) is 0 Å². The predicted octanol–water partition coefficient (Wildman–Crippen LogP) is 2.31. The number of rotatable bonds is 5. The summed E-state index contributed by atoms with van der Waals surface area (Å²) in [7, 11) is 3.21. The maximum atomic E-state index is 10.1. The molecule has 0 radical (unpaired) electrons. The summed E-state index contributed by atoms with van der Waals surface area (Å²) in [6, 6.07) is 5.56. The van der Waals surface area contributed by atoms with Crippen LogP contribution in [0.2, 0.25) is 0 Å². The van der Waals surface area contributed by atoms with E-state index in [0.717, 1.165) is 23.3 Å². The normalized spacial score (nSPS) is 10.3. The Morgan fingerprint density at radius 3 is 2.20 bits per heavy atom. The minimum absolute atomic E-state index is 0.416. The minimum Gasteiger partial charge on any atom is -0.497 e. The third-order valence-electron chi connectivity index (χ3n) is 1.92. The molecular formula is C12H14O3. The van der Waals surface area contributed by atoms with E-state index in [-0.39, 0.29) is 0 Å². The Bertz CT molecular complexity index is 334. The highest BCUT2D eigenvalue weighted by atomic mass is 16.5. The van der Waals surface area contributed by atoms with Crippen LogP contribution >= 0.6 is 0 Å². The van der Waals surface area contributed by atoms with Gasteiger partial charge in [0.05, 0.1) is 14.2 Å². The number of aldehydes is 1. The van der Waals surface area contributed by atoms with Crippen LogP contribution < -0.4 is 9.47 Å². The first-order valence-electron chi connectivity index (χ1n) is 4.63. The summed E-state index contributed by atoms with van der Waals surface area (Å²) in [4.78, 5) is 10.1. The van der Waals surface area contributed by atoms with Crippen molar-refractivity contribution in [3.63, 3.8) is 0 Å². The third-order valence-corrected chi connectivity index (χ3v) is 1.92. The Kier molecular flexibility index (Phi) is 4.41. The Morgan fingerprint density at radius 2 is 1.73 bits per heavy atom. The fraction of sp³-hybridized carbons (Fsp3) is 0.250. The fourth-order valence-electron chi connectivity index (χ4n) is 1.19. The van der Waals surface area contributed by atoms with Gasteiger partial charge in [0.2, 0.25) is 0 Å². The van der Waals surface area contributed by atoms with Gasteiger partial charge in [0, 0.05) is 12.5 Å². The predicted molar refractivity (Wildman–Crippen MR) is 59.3 cm³/mol. The minimum atomic E-state index is 0.416. The second-order valence-corrected chi connectivity index (χ2v) is 2.95. The quantitative estimate of drug-likeness (QED) is 0.693. The zero-order chi connectivity index (χ0) is 11.1. The number of allylic oxidation sites excluding steroid dienone is 1. The SMILES string of the molecule is COc1cc(C=CCC=O)cc(OC)c1. The molecule has 0 aromatic heterocycles. The van der Waals surface area contributed by atoms with Gasteiger partial charge in [0.15, 0.2) is 0 Å². The maximum Gasteiger partial charge on any atom is 0.123 e. The topological polar surface area (TPSA) is 35.5 Å². The zero-order valence-electron chi connectivity index (χ0n) is 8.90. The van der Waals surface area contributed by atoms with Crippen LogP contribution in [0.25, 0.3) is 6.08 Å². The highest BCUT2D eigenvalue weighted by Crippen LogP contribution is 2.23. The summed E-state index contributed by atoms with van der Waals surface area (Å²) in [6.07, 6.45) is 4.92. The van der Waals surface area contributed by atoms with Crippen molar-refractivity contribution in [2.45, 2.75) is 6.42 Å². The van der Waals surface area contributed by atoms with E-state index in [1.165, 1.54) is 0 Å². The molecule has 0 aliphatic rings. The lowest BCUT2D eigenvalue weighted by molar-refractivity contribution is -0.107. The van der Waals surface area contributed by atoms with Crippen LogP contribution in [0.3, 0.4) is 0 Å². The molecular weight excluding hydrogens is 192 g/mol. The van der Waals surface area contributed by atoms with Gasteiger partial charge >= 0.3 is 0 Å². The number of methoxy groups -OCH3 is 2. The second kappa shape index (κ2) is 5.86. The van der Waals surface area contributed by atoms with Crippen molar-refractivity contribution in [2.75, 3.05) is 14.2 Å². The van der Waals surface area contributed by atoms with Gasteiger partial charge < -0.3 is 14.3 Å². The molecule has 3 nitrogen and oxygen atoms in total. The molecule has 0 saturated heterocycles. The number of benzene rings is 1. The molecule has 0 atom stereocenters. The fourth-order valence-corrected chi connectivity index (χ4v) is 1.19. The van der Waals surface area contributed by atoms with Crippen LogP contribution in [0.4, 0.5) is 0 Å². The molecule has 0 bridgehead atoms. The van der Waals surface area contributed by atoms with Crippen LogP contribution in [0.15, 0.2) is 24.3 Å². The lowest BCUT2D eigenvalue weighted by Crippen LogP contribution is -1.88. The van der Waals surface area contributed by atoms with E-state index in [4.69, 9.17) is 9.47 Å². The van der Waals surface area contributed by atoms with Gasteiger partial charge in [-0.05, 0) is 17.7 Å². The zero-order valence-corrected chi connectivity index (χ0v) is 8.90. The van der Waals surface area contributed by atoms with Crippen molar-refractivity contribution >= 4 is 12.4 Å². The maximum absolute atomic E-state index is 10.1. The highest BCUT2D eigenvalue weighted by molar-refractivity contribution is 5.60. The van der Waals surface area contributed by atoms with Gasteiger partial charge in [0.1, 0.15) is 17.8 Å². The van der Waals surface area contributed by atoms with Crippen molar-refractivity contribution in [3.8, 4) is 11.5 Å². The third kappa shape index (κ3) is 3.46. The van der Waals surface area contributed by atoms with Crippen molar-refractivity contribution in [3.05, 3.63) is 29.8 Å². The molecule has 1 rings (SSSR count). The smallest absolute Gasteiger partial charge is 0.123 e. The standard InChI is InChI=1S/C12H14O3/c1-14-11-7-10(5-3-4-6-13)8-12(9-11)15-2/h3,5-9H,4H2,1-2H3. The molecule has 0 saturated carbocycles. The van der Waals surface area contributed by atoms with E-state index in [2.05, 4.69) is 0 Å². The molecule has 0 aliphatic heterocycles. The van der Waals surface area contributed by atoms with Crippen LogP contribution in [-0.2, 0) is 4.79 Å². The summed E-state index contributed by atoms with van der Waals surface area (Å²) in [6.45, 7) is 0. The van der Waals surface area contributed by atoms with E-state index >= 15 is 0 Å². The second-order valence-electron chi connectivity index (χ2n) is 2.95. The largest absolute Gasteiger partial charge is 0.497 e. The van der Waals surface area contributed by atoms with Gasteiger partial charge in [-0.25, -0.2) is 0 Å². The molecule has 0 N–H and O–H groups in total. The molecule has 0 spiro atoms. The number of ether oxygens (including phenoxy) is 2. The van der Waals surface area contributed by atoms with E-state index in [0.29, 0.717) is 6.42 Å². The van der Waals surface area contributed by atoms with Gasteiger partial charge in [-0.1, -0.05) is 12.2 Å². The number of hydrogen-bond acceptors (Lipinski definition) is 3. The first-order valence-corrected chi connectivity index (χ1v) is 4.63. The van der Waals surface area contributed by atoms with Crippen molar-refractivity contribution in [2.24, 2.45) is 0 Å². The molecule has 1 aromatic carbocycles. The molecule has 15 heavy (non-hydrogen) atoms. The Hall–Kier alpha value is -1.77. The summed E-state index contributed by atoms with van der Waals surface area (Å²) in [5.41, 5.74) is 0.952. The number of carbonyl (C=O) groups is 1. The summed E-state index contributed by atoms with van der Waals surface area (Å²) in [5.74, 6) is 1.47. The van der Waals surface area contributed by atoms with Crippen LogP contribution in [0.5, 0.6) is 11.5 Å². The molecule has 0 fully saturated rings. The Labute approximate surface area is 89.3 Å². The van der Waals surface area contributed by atoms with Crippen LogP contribution in [-0.4, -0.2) is 20.5 Å². The molecule has 80 valence electrons. The lowest BCUT2D eigenvalue weighted by atomic mass is 10.2. The van der Waals surface area contributed by atoms with Gasteiger partial charge in [0.25, 0.3) is 0 Å². The average Bonchev–Trinajstić information content (AvgIpc) is 2.29. The monoisotopic (exact) mass is 206 g/mol. The summed E-state index contributed by atoms with van der Waals surface area (Å²) in [5, 5.41) is 0. The first kappa shape index (κ1) is 11.3. The van der Waals surface area contributed by atoms with Crippen LogP contribution in [0.1, 0.15) is 12.0 Å². The molecule has 1 aromatic rings. The molecule has 0 amide bonds. The molecule has 0 unspecified atom stereocenters. The molecule has 0 aliphatic carbocycles. The first-order chi connectivity index (χ1) is 7.30. The van der Waals surface area contributed by atoms with Gasteiger partial charge in [-0.15, -0.1) is 0 Å². The summed E-state index contributed by atoms with van der Waals surface area (Å²) >= 11 is 0. The van der Waals surface area contributed by atoms with E-state index < -0.39 is 0 Å². The highest BCUT2D eigenvalue weighted by Gasteiger charge is 1.98. The van der Waals surface area contributed by atoms with Crippen molar-refractivity contribution in [1.29, 1.82) is 0 Å². The molecule has 0 heterocycles. The van der Waals surface area contributed by atoms with Gasteiger partial charge in [-0.3, -0.25) is 0 Å². The molecule has 3 heteroatoms. The number of carbonyl (C=O) groups excluding carboxylic acids is 1. The number of hydrogen-bond donors (Lipinski definition) is 0. The lowest BCUT2D eigenvalue weighted by Gasteiger charge is -2.05. The summed E-state index contributed by atoms with van der Waals surface area (Å²) < 4.78 is 10.2. The van der Waals surface area contributed by atoms with Gasteiger partial charge in [-0.2, -0.15) is 0 Å². The van der Waals surface area contributed by atoms with E-state index in [9.17, 15) is 4.79 Å². The van der Waals surface area contributed by atoms with E-state index in [1.54, 1.807) is 26.4 Å². The average molecular weight is 206 g/mol.